The largest absolute Gasteiger partial charge is 1.00 e. The van der Waals surface area contributed by atoms with E-state index in [1.165, 1.54) is 0 Å². The summed E-state index contributed by atoms with van der Waals surface area (Å²) in [7, 11) is 0. The topological polar surface area (TPSA) is 287 Å². The maximum atomic E-state index is 11.2. The Kier molecular flexibility index (Phi) is 12.1. The van der Waals surface area contributed by atoms with E-state index in [9.17, 15) is 55.9 Å². The summed E-state index contributed by atoms with van der Waals surface area (Å²) in [6.07, 6.45) is -24.3. The van der Waals surface area contributed by atoms with E-state index in [1.54, 1.807) is 0 Å². The minimum absolute atomic E-state index is 0. The van der Waals surface area contributed by atoms with Gasteiger partial charge in [0.1, 0.15) is 78.9 Å². The SMILES string of the molecule is O=C([O-])C1=C[C@H](O)[C@@H](O)[C@@H](O[C@H]2[C@H](O[C@@H]3CO[C@@H](O)[C@H](O)[C@H]3O)OC[C@@H](O[C@@H]3OC[C@@H](O)[C@H](O)[C@H]3O)[C@@H]2O)O1.[Na+]. The zero-order valence-corrected chi connectivity index (χ0v) is 23.1. The van der Waals surface area contributed by atoms with Gasteiger partial charge in [-0.1, -0.05) is 0 Å². The fraction of sp³-hybridized carbons (Fsp3) is 0.857. The molecular formula is C21H31NaO18. The second-order valence-electron chi connectivity index (χ2n) is 9.38. The summed E-state index contributed by atoms with van der Waals surface area (Å²) in [4.78, 5) is 11.2. The first-order chi connectivity index (χ1) is 18.4. The Bertz CT molecular complexity index is 879. The van der Waals surface area contributed by atoms with E-state index < -0.39 is 124 Å². The molecule has 9 N–H and O–H groups in total. The number of ether oxygens (including phenoxy) is 7. The summed E-state index contributed by atoms with van der Waals surface area (Å²) in [5, 5.41) is 102. The quantitative estimate of drug-likeness (QED) is 0.124. The predicted molar refractivity (Wildman–Crippen MR) is 112 cm³/mol. The average Bonchev–Trinajstić information content (AvgIpc) is 2.90. The number of rotatable bonds is 7. The zero-order chi connectivity index (χ0) is 28.6. The molecule has 224 valence electrons. The van der Waals surface area contributed by atoms with Crippen molar-refractivity contribution in [2.45, 2.75) is 92.3 Å². The minimum Gasteiger partial charge on any atom is -0.542 e. The second kappa shape index (κ2) is 14.3. The van der Waals surface area contributed by atoms with E-state index in [-0.39, 0.29) is 29.6 Å². The van der Waals surface area contributed by atoms with Gasteiger partial charge in [0.05, 0.1) is 19.8 Å². The number of aliphatic carboxylic acids is 1. The molecular weight excluding hydrogens is 563 g/mol. The van der Waals surface area contributed by atoms with Crippen LogP contribution in [0.25, 0.3) is 0 Å². The molecule has 0 aromatic heterocycles. The molecule has 4 rings (SSSR count). The molecule has 0 unspecified atom stereocenters. The minimum atomic E-state index is -1.93. The monoisotopic (exact) mass is 594 g/mol. The van der Waals surface area contributed by atoms with Gasteiger partial charge in [-0.05, 0) is 6.08 Å². The Hall–Kier alpha value is -0.590. The molecule has 40 heavy (non-hydrogen) atoms. The Morgan fingerprint density at radius 1 is 0.700 bits per heavy atom. The third kappa shape index (κ3) is 7.30. The van der Waals surface area contributed by atoms with Gasteiger partial charge in [-0.25, -0.2) is 0 Å². The van der Waals surface area contributed by atoms with Crippen molar-refractivity contribution in [1.29, 1.82) is 0 Å². The van der Waals surface area contributed by atoms with Crippen LogP contribution in [-0.2, 0) is 38.0 Å². The van der Waals surface area contributed by atoms with Gasteiger partial charge < -0.3 is 89.0 Å². The molecule has 0 spiro atoms. The number of aliphatic hydroxyl groups is 9. The van der Waals surface area contributed by atoms with Gasteiger partial charge in [0.2, 0.25) is 6.29 Å². The van der Waals surface area contributed by atoms with Crippen LogP contribution in [0.5, 0.6) is 0 Å². The van der Waals surface area contributed by atoms with Gasteiger partial charge in [0, 0.05) is 0 Å². The molecule has 3 fully saturated rings. The van der Waals surface area contributed by atoms with E-state index >= 15 is 0 Å². The Morgan fingerprint density at radius 3 is 1.98 bits per heavy atom. The number of carbonyl (C=O) groups is 1. The van der Waals surface area contributed by atoms with Crippen molar-refractivity contribution in [2.24, 2.45) is 0 Å². The molecule has 0 amide bonds. The number of carboxylic acid groups (broad SMARTS) is 1. The maximum Gasteiger partial charge on any atom is 1.00 e. The summed E-state index contributed by atoms with van der Waals surface area (Å²) in [6, 6.07) is 0. The van der Waals surface area contributed by atoms with E-state index in [0.29, 0.717) is 6.08 Å². The summed E-state index contributed by atoms with van der Waals surface area (Å²) < 4.78 is 37.4. The molecule has 4 aliphatic rings. The fourth-order valence-corrected chi connectivity index (χ4v) is 4.31. The number of hydrogen-bond acceptors (Lipinski definition) is 18. The van der Waals surface area contributed by atoms with Crippen molar-refractivity contribution in [3.63, 3.8) is 0 Å². The number of carboxylic acids is 1. The normalized spacial score (nSPS) is 47.9. The van der Waals surface area contributed by atoms with Crippen LogP contribution < -0.4 is 34.7 Å². The first kappa shape index (κ1) is 33.9. The van der Waals surface area contributed by atoms with E-state index in [1.807, 2.05) is 0 Å². The number of carbonyl (C=O) groups excluding carboxylic acids is 1. The summed E-state index contributed by atoms with van der Waals surface area (Å²) >= 11 is 0. The van der Waals surface area contributed by atoms with Gasteiger partial charge in [0.25, 0.3) is 0 Å². The van der Waals surface area contributed by atoms with Crippen molar-refractivity contribution in [3.05, 3.63) is 11.8 Å². The van der Waals surface area contributed by atoms with E-state index in [2.05, 4.69) is 0 Å². The van der Waals surface area contributed by atoms with Crippen molar-refractivity contribution in [3.8, 4) is 0 Å². The Morgan fingerprint density at radius 2 is 1.30 bits per heavy atom. The third-order valence-corrected chi connectivity index (χ3v) is 6.62. The van der Waals surface area contributed by atoms with Crippen molar-refractivity contribution in [2.75, 3.05) is 19.8 Å². The summed E-state index contributed by atoms with van der Waals surface area (Å²) in [5.74, 6) is -2.73. The Labute approximate surface area is 248 Å². The molecule has 0 aromatic rings. The smallest absolute Gasteiger partial charge is 0.542 e. The van der Waals surface area contributed by atoms with Crippen molar-refractivity contribution in [1.82, 2.24) is 0 Å². The van der Waals surface area contributed by atoms with Gasteiger partial charge in [-0.2, -0.15) is 0 Å². The van der Waals surface area contributed by atoms with Crippen LogP contribution in [-0.4, -0.2) is 164 Å². The number of aliphatic hydroxyl groups excluding tert-OH is 9. The van der Waals surface area contributed by atoms with Gasteiger partial charge in [0.15, 0.2) is 18.9 Å². The first-order valence-corrected chi connectivity index (χ1v) is 11.9. The van der Waals surface area contributed by atoms with Crippen LogP contribution in [0.2, 0.25) is 0 Å². The molecule has 0 bridgehead atoms. The zero-order valence-electron chi connectivity index (χ0n) is 21.1. The molecule has 0 saturated carbocycles. The van der Waals surface area contributed by atoms with Crippen molar-refractivity contribution < 1.29 is 119 Å². The molecule has 0 aliphatic carbocycles. The van der Waals surface area contributed by atoms with Crippen molar-refractivity contribution >= 4 is 5.97 Å². The molecule has 18 nitrogen and oxygen atoms in total. The second-order valence-corrected chi connectivity index (χ2v) is 9.38. The summed E-state index contributed by atoms with van der Waals surface area (Å²) in [6.45, 7) is -1.33. The van der Waals surface area contributed by atoms with Gasteiger partial charge in [-0.3, -0.25) is 0 Å². The number of hydrogen-bond donors (Lipinski definition) is 9. The van der Waals surface area contributed by atoms with Gasteiger partial charge >= 0.3 is 29.6 Å². The van der Waals surface area contributed by atoms with E-state index in [0.717, 1.165) is 0 Å². The predicted octanol–water partition coefficient (Wildman–Crippen LogP) is -10.9. The molecule has 3 saturated heterocycles. The van der Waals surface area contributed by atoms with Crippen LogP contribution in [0.3, 0.4) is 0 Å². The molecule has 0 radical (unpaired) electrons. The van der Waals surface area contributed by atoms with E-state index in [4.69, 9.17) is 33.2 Å². The fourth-order valence-electron chi connectivity index (χ4n) is 4.31. The standard InChI is InChI=1S/C21H32O18.Na/c22-5-1-7(17(30)31)36-20(11(5)25)39-16-13(27)9(37-19-15(29)10(24)6(23)2-34-19)4-35-21(16)38-8-3-33-18(32)14(28)12(8)26;/h1,5-6,8-16,18-29,32H,2-4H2,(H,30,31);/q;+1/p-1/t5-,6+,8+,9+,10-,11+,12-,13-,14+,15+,16+,18+,19-,20+,21-;/m0./s1. The maximum absolute atomic E-state index is 11.2. The molecule has 15 atom stereocenters. The summed E-state index contributed by atoms with van der Waals surface area (Å²) in [5.41, 5.74) is 0. The third-order valence-electron chi connectivity index (χ3n) is 6.62. The average molecular weight is 594 g/mol. The van der Waals surface area contributed by atoms with Crippen LogP contribution in [0.4, 0.5) is 0 Å². The van der Waals surface area contributed by atoms with Crippen LogP contribution in [0.1, 0.15) is 0 Å². The van der Waals surface area contributed by atoms with Crippen LogP contribution >= 0.6 is 0 Å². The molecule has 0 aromatic carbocycles. The van der Waals surface area contributed by atoms with Crippen LogP contribution in [0, 0.1) is 0 Å². The molecule has 19 heteroatoms. The van der Waals surface area contributed by atoms with Crippen LogP contribution in [0.15, 0.2) is 11.8 Å². The van der Waals surface area contributed by atoms with Gasteiger partial charge in [-0.15, -0.1) is 0 Å². The molecule has 4 heterocycles. The molecule has 4 aliphatic heterocycles. The first-order valence-electron chi connectivity index (χ1n) is 11.9. The Balaban J connectivity index is 0.00000441.